The molecule has 1 atom stereocenters. The second-order valence-corrected chi connectivity index (χ2v) is 7.28. The summed E-state index contributed by atoms with van der Waals surface area (Å²) in [6.45, 7) is 1.83. The highest BCUT2D eigenvalue weighted by atomic mass is 32.2. The molecule has 4 nitrogen and oxygen atoms in total. The van der Waals surface area contributed by atoms with Gasteiger partial charge in [0.05, 0.1) is 7.11 Å². The number of sulfonamides is 1. The Bertz CT molecular complexity index is 967. The second kappa shape index (κ2) is 6.63. The van der Waals surface area contributed by atoms with E-state index in [0.717, 1.165) is 16.3 Å². The zero-order valence-electron chi connectivity index (χ0n) is 13.6. The predicted octanol–water partition coefficient (Wildman–Crippen LogP) is 3.89. The minimum Gasteiger partial charge on any atom is -0.495 e. The first kappa shape index (κ1) is 16.5. The normalized spacial score (nSPS) is 12.9. The van der Waals surface area contributed by atoms with Gasteiger partial charge in [0.25, 0.3) is 0 Å². The van der Waals surface area contributed by atoms with E-state index in [-0.39, 0.29) is 10.9 Å². The van der Waals surface area contributed by atoms with Gasteiger partial charge in [0.1, 0.15) is 10.6 Å². The molecule has 0 aliphatic heterocycles. The van der Waals surface area contributed by atoms with Gasteiger partial charge in [-0.1, -0.05) is 48.5 Å². The van der Waals surface area contributed by atoms with Crippen LogP contribution in [0.25, 0.3) is 10.8 Å². The fourth-order valence-electron chi connectivity index (χ4n) is 2.68. The number of ether oxygens (including phenoxy) is 1. The van der Waals surface area contributed by atoms with Crippen molar-refractivity contribution in [2.24, 2.45) is 0 Å². The van der Waals surface area contributed by atoms with Crippen LogP contribution in [0.3, 0.4) is 0 Å². The smallest absolute Gasteiger partial charge is 0.244 e. The Morgan fingerprint density at radius 1 is 0.917 bits per heavy atom. The van der Waals surface area contributed by atoms with Crippen LogP contribution in [-0.4, -0.2) is 15.5 Å². The van der Waals surface area contributed by atoms with Crippen molar-refractivity contribution in [1.82, 2.24) is 4.72 Å². The summed E-state index contributed by atoms with van der Waals surface area (Å²) >= 11 is 0. The van der Waals surface area contributed by atoms with E-state index in [1.807, 2.05) is 49.4 Å². The molecular weight excluding hydrogens is 322 g/mol. The molecular formula is C19H19NO3S. The molecule has 0 saturated heterocycles. The van der Waals surface area contributed by atoms with Crippen LogP contribution in [0.15, 0.2) is 71.6 Å². The fourth-order valence-corrected chi connectivity index (χ4v) is 4.08. The van der Waals surface area contributed by atoms with E-state index in [4.69, 9.17) is 4.74 Å². The molecule has 0 amide bonds. The molecule has 1 N–H and O–H groups in total. The Kier molecular flexibility index (Phi) is 4.55. The van der Waals surface area contributed by atoms with Crippen LogP contribution < -0.4 is 9.46 Å². The number of fused-ring (bicyclic) bond motifs is 1. The van der Waals surface area contributed by atoms with Crippen LogP contribution in [0, 0.1) is 0 Å². The van der Waals surface area contributed by atoms with Gasteiger partial charge in [-0.15, -0.1) is 0 Å². The summed E-state index contributed by atoms with van der Waals surface area (Å²) in [6.07, 6.45) is 0. The van der Waals surface area contributed by atoms with E-state index in [1.54, 1.807) is 18.2 Å². The predicted molar refractivity (Wildman–Crippen MR) is 95.7 cm³/mol. The molecule has 0 heterocycles. The molecule has 0 radical (unpaired) electrons. The summed E-state index contributed by atoms with van der Waals surface area (Å²) in [5.74, 6) is 0.329. The van der Waals surface area contributed by atoms with Crippen molar-refractivity contribution >= 4 is 20.8 Å². The number of hydrogen-bond donors (Lipinski definition) is 1. The van der Waals surface area contributed by atoms with Gasteiger partial charge in [0.15, 0.2) is 0 Å². The highest BCUT2D eigenvalue weighted by Gasteiger charge is 2.22. The van der Waals surface area contributed by atoms with Crippen molar-refractivity contribution in [1.29, 1.82) is 0 Å². The molecule has 0 aliphatic carbocycles. The number of methoxy groups -OCH3 is 1. The summed E-state index contributed by atoms with van der Waals surface area (Å²) in [6, 6.07) is 20.2. The molecule has 0 fully saturated rings. The van der Waals surface area contributed by atoms with Crippen molar-refractivity contribution in [2.75, 3.05) is 7.11 Å². The quantitative estimate of drug-likeness (QED) is 0.766. The first-order valence-electron chi connectivity index (χ1n) is 7.65. The summed E-state index contributed by atoms with van der Waals surface area (Å²) in [7, 11) is -2.22. The maximum Gasteiger partial charge on any atom is 0.244 e. The van der Waals surface area contributed by atoms with Crippen LogP contribution in [0.4, 0.5) is 0 Å². The average Bonchev–Trinajstić information content (AvgIpc) is 2.60. The topological polar surface area (TPSA) is 55.4 Å². The molecule has 3 rings (SSSR count). The minimum absolute atomic E-state index is 0.139. The largest absolute Gasteiger partial charge is 0.495 e. The van der Waals surface area contributed by atoms with Crippen LogP contribution in [0.5, 0.6) is 5.75 Å². The fraction of sp³-hybridized carbons (Fsp3) is 0.158. The Balaban J connectivity index is 1.91. The molecule has 124 valence electrons. The molecule has 0 spiro atoms. The van der Waals surface area contributed by atoms with E-state index >= 15 is 0 Å². The lowest BCUT2D eigenvalue weighted by Gasteiger charge is -2.16. The third-order valence-corrected chi connectivity index (χ3v) is 5.54. The summed E-state index contributed by atoms with van der Waals surface area (Å²) in [5, 5.41) is 2.21. The first-order valence-corrected chi connectivity index (χ1v) is 9.13. The van der Waals surface area contributed by atoms with Gasteiger partial charge in [-0.25, -0.2) is 13.1 Å². The minimum atomic E-state index is -3.68. The van der Waals surface area contributed by atoms with Gasteiger partial charge in [-0.05, 0) is 41.5 Å². The molecule has 24 heavy (non-hydrogen) atoms. The third-order valence-electron chi connectivity index (χ3n) is 3.96. The van der Waals surface area contributed by atoms with Crippen molar-refractivity contribution in [2.45, 2.75) is 17.9 Å². The standard InChI is InChI=1S/C19H19NO3S/c1-14(16-12-11-15-7-3-4-8-17(15)13-16)20-24(21,22)19-10-6-5-9-18(19)23-2/h3-14,20H,1-2H3. The van der Waals surface area contributed by atoms with E-state index in [0.29, 0.717) is 5.75 Å². The molecule has 0 bridgehead atoms. The van der Waals surface area contributed by atoms with Gasteiger partial charge < -0.3 is 4.74 Å². The van der Waals surface area contributed by atoms with Crippen molar-refractivity contribution in [3.05, 3.63) is 72.3 Å². The second-order valence-electron chi connectivity index (χ2n) is 5.60. The highest BCUT2D eigenvalue weighted by Crippen LogP contribution is 2.26. The van der Waals surface area contributed by atoms with Crippen molar-refractivity contribution in [3.63, 3.8) is 0 Å². The van der Waals surface area contributed by atoms with Gasteiger partial charge >= 0.3 is 0 Å². The third kappa shape index (κ3) is 3.27. The molecule has 3 aromatic carbocycles. The molecule has 0 saturated carbocycles. The number of hydrogen-bond acceptors (Lipinski definition) is 3. The number of rotatable bonds is 5. The summed E-state index contributed by atoms with van der Waals surface area (Å²) in [4.78, 5) is 0.139. The van der Waals surface area contributed by atoms with Crippen LogP contribution >= 0.6 is 0 Å². The van der Waals surface area contributed by atoms with Gasteiger partial charge in [0.2, 0.25) is 10.0 Å². The number of para-hydroxylation sites is 1. The maximum absolute atomic E-state index is 12.7. The lowest BCUT2D eigenvalue weighted by atomic mass is 10.0. The SMILES string of the molecule is COc1ccccc1S(=O)(=O)NC(C)c1ccc2ccccc2c1. The lowest BCUT2D eigenvalue weighted by Crippen LogP contribution is -2.27. The van der Waals surface area contributed by atoms with Crippen LogP contribution in [0.1, 0.15) is 18.5 Å². The maximum atomic E-state index is 12.7. The van der Waals surface area contributed by atoms with Crippen molar-refractivity contribution < 1.29 is 13.2 Å². The van der Waals surface area contributed by atoms with Crippen LogP contribution in [0.2, 0.25) is 0 Å². The van der Waals surface area contributed by atoms with Crippen molar-refractivity contribution in [3.8, 4) is 5.75 Å². The average molecular weight is 341 g/mol. The number of benzene rings is 3. The van der Waals surface area contributed by atoms with E-state index < -0.39 is 10.0 Å². The van der Waals surface area contributed by atoms with E-state index in [1.165, 1.54) is 13.2 Å². The monoisotopic (exact) mass is 341 g/mol. The molecule has 3 aromatic rings. The Morgan fingerprint density at radius 2 is 1.58 bits per heavy atom. The molecule has 0 aromatic heterocycles. The Hall–Kier alpha value is -2.37. The summed E-state index contributed by atoms with van der Waals surface area (Å²) < 4.78 is 33.2. The molecule has 1 unspecified atom stereocenters. The Morgan fingerprint density at radius 3 is 2.33 bits per heavy atom. The van der Waals surface area contributed by atoms with Gasteiger partial charge in [-0.2, -0.15) is 0 Å². The number of nitrogens with one attached hydrogen (secondary N) is 1. The Labute approximate surface area is 142 Å². The first-order chi connectivity index (χ1) is 11.5. The molecule has 5 heteroatoms. The van der Waals surface area contributed by atoms with E-state index in [9.17, 15) is 8.42 Å². The lowest BCUT2D eigenvalue weighted by molar-refractivity contribution is 0.402. The highest BCUT2D eigenvalue weighted by molar-refractivity contribution is 7.89. The molecule has 0 aliphatic rings. The van der Waals surface area contributed by atoms with Gasteiger partial charge in [-0.3, -0.25) is 0 Å². The van der Waals surface area contributed by atoms with Gasteiger partial charge in [0, 0.05) is 6.04 Å². The zero-order valence-corrected chi connectivity index (χ0v) is 14.4. The zero-order chi connectivity index (χ0) is 17.2. The van der Waals surface area contributed by atoms with Crippen LogP contribution in [-0.2, 0) is 10.0 Å². The van der Waals surface area contributed by atoms with E-state index in [2.05, 4.69) is 4.72 Å². The summed E-state index contributed by atoms with van der Waals surface area (Å²) in [5.41, 5.74) is 0.909.